The molecular formula is C17H12ClN5O. The number of halogens is 1. The van der Waals surface area contributed by atoms with Gasteiger partial charge < -0.3 is 0 Å². The number of aldehydes is 1. The van der Waals surface area contributed by atoms with Crippen LogP contribution in [0.15, 0.2) is 59.7 Å². The summed E-state index contributed by atoms with van der Waals surface area (Å²) >= 11 is 5.89. The van der Waals surface area contributed by atoms with Gasteiger partial charge in [-0.3, -0.25) is 4.79 Å². The lowest BCUT2D eigenvalue weighted by atomic mass is 10.1. The third-order valence-electron chi connectivity index (χ3n) is 3.52. The number of para-hydroxylation sites is 1. The molecule has 6 nitrogen and oxygen atoms in total. The molecule has 1 heterocycles. The summed E-state index contributed by atoms with van der Waals surface area (Å²) in [6, 6.07) is 16.5. The topological polar surface area (TPSA) is 83.7 Å². The molecule has 0 fully saturated rings. The van der Waals surface area contributed by atoms with Gasteiger partial charge in [0, 0.05) is 16.4 Å². The number of rotatable bonds is 5. The fraction of sp³-hybridized carbons (Fsp3) is 0.0588. The van der Waals surface area contributed by atoms with Crippen molar-refractivity contribution in [2.75, 3.05) is 0 Å². The SMILES string of the molecule is [N-]=[N+]=Nc1c(C=O)c(Cc2ccc(Cl)cc2)nn1-c1ccccc1. The maximum absolute atomic E-state index is 11.6. The van der Waals surface area contributed by atoms with E-state index in [2.05, 4.69) is 15.1 Å². The zero-order valence-corrected chi connectivity index (χ0v) is 13.3. The van der Waals surface area contributed by atoms with Gasteiger partial charge in [0.15, 0.2) is 6.29 Å². The predicted octanol–water partition coefficient (Wildman–Crippen LogP) is 4.87. The molecule has 0 aliphatic rings. The van der Waals surface area contributed by atoms with E-state index in [0.29, 0.717) is 29.1 Å². The van der Waals surface area contributed by atoms with Gasteiger partial charge >= 0.3 is 0 Å². The average molecular weight is 338 g/mol. The van der Waals surface area contributed by atoms with Crippen LogP contribution in [0.25, 0.3) is 16.1 Å². The Morgan fingerprint density at radius 2 is 1.88 bits per heavy atom. The van der Waals surface area contributed by atoms with Crippen molar-refractivity contribution in [1.29, 1.82) is 0 Å². The van der Waals surface area contributed by atoms with Gasteiger partial charge in [0.1, 0.15) is 5.82 Å². The van der Waals surface area contributed by atoms with E-state index in [-0.39, 0.29) is 11.4 Å². The average Bonchev–Trinajstić information content (AvgIpc) is 2.95. The van der Waals surface area contributed by atoms with Crippen molar-refractivity contribution in [3.8, 4) is 5.69 Å². The molecule has 0 saturated carbocycles. The molecule has 118 valence electrons. The van der Waals surface area contributed by atoms with E-state index in [4.69, 9.17) is 17.1 Å². The van der Waals surface area contributed by atoms with Crippen LogP contribution >= 0.6 is 11.6 Å². The van der Waals surface area contributed by atoms with E-state index in [1.54, 1.807) is 12.1 Å². The Morgan fingerprint density at radius 1 is 1.17 bits per heavy atom. The number of aromatic nitrogens is 2. The highest BCUT2D eigenvalue weighted by Gasteiger charge is 2.17. The molecule has 3 aromatic rings. The van der Waals surface area contributed by atoms with Crippen LogP contribution in [0.5, 0.6) is 0 Å². The van der Waals surface area contributed by atoms with Crippen molar-refractivity contribution in [2.45, 2.75) is 6.42 Å². The predicted molar refractivity (Wildman–Crippen MR) is 92.0 cm³/mol. The fourth-order valence-corrected chi connectivity index (χ4v) is 2.53. The van der Waals surface area contributed by atoms with Crippen LogP contribution in [-0.2, 0) is 6.42 Å². The number of azide groups is 1. The molecule has 24 heavy (non-hydrogen) atoms. The second-order valence-electron chi connectivity index (χ2n) is 5.04. The third kappa shape index (κ3) is 3.15. The van der Waals surface area contributed by atoms with Crippen molar-refractivity contribution >= 4 is 23.7 Å². The first-order valence-corrected chi connectivity index (χ1v) is 7.52. The summed E-state index contributed by atoms with van der Waals surface area (Å²) in [7, 11) is 0. The summed E-state index contributed by atoms with van der Waals surface area (Å²) in [4.78, 5) is 14.4. The highest BCUT2D eigenvalue weighted by atomic mass is 35.5. The molecule has 0 amide bonds. The number of carbonyl (C=O) groups excluding carboxylic acids is 1. The molecule has 0 atom stereocenters. The van der Waals surface area contributed by atoms with Gasteiger partial charge in [0.05, 0.1) is 16.9 Å². The summed E-state index contributed by atoms with van der Waals surface area (Å²) in [5, 5.41) is 8.77. The van der Waals surface area contributed by atoms with Gasteiger partial charge in [-0.05, 0) is 40.5 Å². The first-order valence-electron chi connectivity index (χ1n) is 7.15. The maximum Gasteiger partial charge on any atom is 0.154 e. The van der Waals surface area contributed by atoms with Gasteiger partial charge in [0.2, 0.25) is 0 Å². The Balaban J connectivity index is 2.11. The largest absolute Gasteiger partial charge is 0.298 e. The van der Waals surface area contributed by atoms with E-state index in [1.807, 2.05) is 42.5 Å². The first-order chi connectivity index (χ1) is 11.7. The van der Waals surface area contributed by atoms with Crippen molar-refractivity contribution < 1.29 is 4.79 Å². The van der Waals surface area contributed by atoms with E-state index in [1.165, 1.54) is 4.68 Å². The minimum absolute atomic E-state index is 0.183. The third-order valence-corrected chi connectivity index (χ3v) is 3.77. The summed E-state index contributed by atoms with van der Waals surface area (Å²) in [6.45, 7) is 0. The molecule has 0 aliphatic heterocycles. The molecule has 0 aliphatic carbocycles. The zero-order chi connectivity index (χ0) is 16.9. The van der Waals surface area contributed by atoms with E-state index in [9.17, 15) is 4.79 Å². The molecule has 0 saturated heterocycles. The number of hydrogen-bond acceptors (Lipinski definition) is 3. The number of hydrogen-bond donors (Lipinski definition) is 0. The Kier molecular flexibility index (Phi) is 4.61. The summed E-state index contributed by atoms with van der Waals surface area (Å²) in [5.74, 6) is 0.183. The molecule has 7 heteroatoms. The van der Waals surface area contributed by atoms with Crippen LogP contribution in [0, 0.1) is 0 Å². The van der Waals surface area contributed by atoms with E-state index >= 15 is 0 Å². The molecule has 0 unspecified atom stereocenters. The molecule has 1 aromatic heterocycles. The Labute approximate surface area is 142 Å². The van der Waals surface area contributed by atoms with Crippen molar-refractivity contribution in [3.63, 3.8) is 0 Å². The van der Waals surface area contributed by atoms with Crippen molar-refractivity contribution in [3.05, 3.63) is 86.9 Å². The van der Waals surface area contributed by atoms with E-state index in [0.717, 1.165) is 5.56 Å². The van der Waals surface area contributed by atoms with Crippen LogP contribution in [0.1, 0.15) is 21.6 Å². The van der Waals surface area contributed by atoms with Crippen LogP contribution in [0.4, 0.5) is 5.82 Å². The minimum atomic E-state index is 0.183. The van der Waals surface area contributed by atoms with Crippen molar-refractivity contribution in [2.24, 2.45) is 5.11 Å². The van der Waals surface area contributed by atoms with Gasteiger partial charge in [-0.25, -0.2) is 4.68 Å². The summed E-state index contributed by atoms with van der Waals surface area (Å²) < 4.78 is 1.48. The number of benzene rings is 2. The second kappa shape index (κ2) is 7.00. The fourth-order valence-electron chi connectivity index (χ4n) is 2.40. The molecule has 2 aromatic carbocycles. The normalized spacial score (nSPS) is 10.2. The summed E-state index contributed by atoms with van der Waals surface area (Å²) in [6.07, 6.45) is 1.10. The standard InChI is InChI=1S/C17H12ClN5O/c18-13-8-6-12(7-9-13)10-16-15(11-24)17(20-22-19)23(21-16)14-4-2-1-3-5-14/h1-9,11H,10H2. The molecule has 0 spiro atoms. The van der Waals surface area contributed by atoms with Gasteiger partial charge in [-0.15, -0.1) is 0 Å². The molecule has 0 radical (unpaired) electrons. The zero-order valence-electron chi connectivity index (χ0n) is 12.5. The smallest absolute Gasteiger partial charge is 0.154 e. The van der Waals surface area contributed by atoms with Crippen LogP contribution in [0.2, 0.25) is 5.02 Å². The molecule has 0 N–H and O–H groups in total. The lowest BCUT2D eigenvalue weighted by Gasteiger charge is -2.02. The molecule has 0 bridgehead atoms. The number of carbonyl (C=O) groups is 1. The molecule has 3 rings (SSSR count). The second-order valence-corrected chi connectivity index (χ2v) is 5.48. The highest BCUT2D eigenvalue weighted by Crippen LogP contribution is 2.27. The van der Waals surface area contributed by atoms with E-state index < -0.39 is 0 Å². The first kappa shape index (κ1) is 15.8. The van der Waals surface area contributed by atoms with Crippen molar-refractivity contribution in [1.82, 2.24) is 9.78 Å². The van der Waals surface area contributed by atoms with Crippen LogP contribution < -0.4 is 0 Å². The van der Waals surface area contributed by atoms with Crippen LogP contribution in [0.3, 0.4) is 0 Å². The Morgan fingerprint density at radius 3 is 2.50 bits per heavy atom. The number of nitrogens with zero attached hydrogens (tertiary/aromatic N) is 5. The lowest BCUT2D eigenvalue weighted by molar-refractivity contribution is 0.112. The van der Waals surface area contributed by atoms with Gasteiger partial charge in [-0.2, -0.15) is 5.10 Å². The molecular weight excluding hydrogens is 326 g/mol. The monoisotopic (exact) mass is 337 g/mol. The summed E-state index contributed by atoms with van der Waals surface area (Å²) in [5.41, 5.74) is 11.3. The quantitative estimate of drug-likeness (QED) is 0.288. The maximum atomic E-state index is 11.6. The Hall–Kier alpha value is -3.08. The van der Waals surface area contributed by atoms with Gasteiger partial charge in [0.25, 0.3) is 0 Å². The van der Waals surface area contributed by atoms with Gasteiger partial charge in [-0.1, -0.05) is 41.9 Å². The minimum Gasteiger partial charge on any atom is -0.298 e. The Bertz CT molecular complexity index is 912. The van der Waals surface area contributed by atoms with Crippen LogP contribution in [-0.4, -0.2) is 16.1 Å². The highest BCUT2D eigenvalue weighted by molar-refractivity contribution is 6.30. The lowest BCUT2D eigenvalue weighted by Crippen LogP contribution is -1.97.